The third-order valence-electron chi connectivity index (χ3n) is 4.04. The normalized spacial score (nSPS) is 21.5. The Morgan fingerprint density at radius 3 is 1.57 bits per heavy atom. The van der Waals surface area contributed by atoms with Gasteiger partial charge < -0.3 is 0 Å². The molecule has 0 bridgehead atoms. The van der Waals surface area contributed by atoms with Crippen LogP contribution in [0.15, 0.2) is 37.5 Å². The van der Waals surface area contributed by atoms with Crippen LogP contribution in [-0.2, 0) is 4.79 Å². The van der Waals surface area contributed by atoms with E-state index in [-0.39, 0.29) is 0 Å². The SMILES string of the molecule is C=C.C=C(C)C.CC.CC.CC.CC1C=CC2CCCCC2C1C.CCC.O=CP. The summed E-state index contributed by atoms with van der Waals surface area (Å²) in [5, 5.41) is 0. The van der Waals surface area contributed by atoms with Gasteiger partial charge in [0.25, 0.3) is 0 Å². The van der Waals surface area contributed by atoms with Gasteiger partial charge in [0.2, 0.25) is 0 Å². The Balaban J connectivity index is -0.0000000677. The number of carbonyl (C=O) groups excluding carboxylic acids is 1. The standard InChI is InChI=1S/C12H20.C4H8.C3H8.3C2H6.C2H4.CH3OP/c1-9-7-8-11-5-3-4-6-12(11)10(9)2;1-4(2)3;1-3-2;4*1-2;2-1-3/h7-12H,3-6H2,1-2H3;1H2,2-3H3;3H2,1-2H3;3*1-2H3;1-2H2;1H,3H2. The zero-order chi connectivity index (χ0) is 25.5. The summed E-state index contributed by atoms with van der Waals surface area (Å²) < 4.78 is 0. The number of carbonyl (C=O) groups is 1. The predicted octanol–water partition coefficient (Wildman–Crippen LogP) is 10.6. The van der Waals surface area contributed by atoms with Crippen molar-refractivity contribution >= 4 is 15.3 Å². The van der Waals surface area contributed by atoms with E-state index < -0.39 is 0 Å². The van der Waals surface area contributed by atoms with Crippen molar-refractivity contribution in [1.82, 2.24) is 0 Å². The summed E-state index contributed by atoms with van der Waals surface area (Å²) >= 11 is 0. The molecule has 30 heavy (non-hydrogen) atoms. The molecule has 2 aliphatic carbocycles. The first kappa shape index (κ1) is 43.2. The molecule has 0 aliphatic heterocycles. The fraction of sp³-hybridized carbons (Fsp3) is 0.750. The smallest absolute Gasteiger partial charge is 0.135 e. The lowest BCUT2D eigenvalue weighted by molar-refractivity contribution is 0.163. The maximum atomic E-state index is 8.77. The minimum Gasteiger partial charge on any atom is -0.299 e. The van der Waals surface area contributed by atoms with Crippen LogP contribution in [0.3, 0.4) is 0 Å². The molecular weight excluding hydrogens is 383 g/mol. The molecule has 1 fully saturated rings. The van der Waals surface area contributed by atoms with Crippen molar-refractivity contribution in [2.45, 2.75) is 115 Å². The number of hydrogen-bond donors (Lipinski definition) is 0. The van der Waals surface area contributed by atoms with E-state index in [9.17, 15) is 0 Å². The fourth-order valence-electron chi connectivity index (χ4n) is 2.96. The number of hydrogen-bond acceptors (Lipinski definition) is 1. The van der Waals surface area contributed by atoms with E-state index in [1.54, 1.807) is 0 Å². The van der Waals surface area contributed by atoms with E-state index in [1.165, 1.54) is 37.7 Å². The topological polar surface area (TPSA) is 17.1 Å². The summed E-state index contributed by atoms with van der Waals surface area (Å²) in [7, 11) is 1.90. The van der Waals surface area contributed by atoms with E-state index >= 15 is 0 Å². The van der Waals surface area contributed by atoms with Crippen LogP contribution in [0, 0.1) is 23.7 Å². The lowest BCUT2D eigenvalue weighted by Gasteiger charge is -2.39. The molecule has 0 radical (unpaired) electrons. The molecule has 2 aliphatic rings. The molecule has 5 atom stereocenters. The molecule has 5 unspecified atom stereocenters. The molecule has 0 N–H and O–H groups in total. The lowest BCUT2D eigenvalue weighted by Crippen LogP contribution is -2.30. The van der Waals surface area contributed by atoms with Gasteiger partial charge in [-0.3, -0.25) is 4.79 Å². The van der Waals surface area contributed by atoms with Crippen LogP contribution in [0.1, 0.15) is 115 Å². The minimum absolute atomic E-state index is 0.667. The molecule has 0 aromatic carbocycles. The zero-order valence-corrected chi connectivity index (χ0v) is 24.3. The molecule has 0 aromatic rings. The van der Waals surface area contributed by atoms with Gasteiger partial charge in [0.15, 0.2) is 0 Å². The molecule has 2 rings (SSSR count). The first-order valence-electron chi connectivity index (χ1n) is 12.3. The number of allylic oxidation sites excluding steroid dienone is 3. The molecule has 0 aromatic heterocycles. The summed E-state index contributed by atoms with van der Waals surface area (Å²) in [5.74, 6) is 3.70. The van der Waals surface area contributed by atoms with Crippen LogP contribution < -0.4 is 0 Å². The second-order valence-corrected chi connectivity index (χ2v) is 7.04. The summed E-state index contributed by atoms with van der Waals surface area (Å²) in [4.78, 5) is 8.77. The Morgan fingerprint density at radius 1 is 0.933 bits per heavy atom. The average Bonchev–Trinajstić information content (AvgIpc) is 2.77. The zero-order valence-electron chi connectivity index (χ0n) is 23.2. The number of fused-ring (bicyclic) bond motifs is 1. The molecule has 1 nitrogen and oxygen atoms in total. The monoisotopic (exact) mass is 444 g/mol. The van der Waals surface area contributed by atoms with E-state index in [1.807, 2.05) is 64.6 Å². The Labute approximate surface area is 196 Å². The van der Waals surface area contributed by atoms with Crippen molar-refractivity contribution in [3.05, 3.63) is 37.5 Å². The van der Waals surface area contributed by atoms with Crippen LogP contribution in [0.5, 0.6) is 0 Å². The highest BCUT2D eigenvalue weighted by Crippen LogP contribution is 2.42. The second kappa shape index (κ2) is 42.4. The Bertz CT molecular complexity index is 319. The summed E-state index contributed by atoms with van der Waals surface area (Å²) in [6, 6.07) is 0.667. The van der Waals surface area contributed by atoms with Crippen LogP contribution in [0.4, 0.5) is 0 Å². The first-order chi connectivity index (χ1) is 14.3. The quantitative estimate of drug-likeness (QED) is 0.206. The predicted molar refractivity (Wildman–Crippen MR) is 151 cm³/mol. The highest BCUT2D eigenvalue weighted by atomic mass is 31.0. The average molecular weight is 445 g/mol. The third kappa shape index (κ3) is 34.8. The van der Waals surface area contributed by atoms with Gasteiger partial charge in [-0.1, -0.05) is 115 Å². The molecule has 1 saturated carbocycles. The lowest BCUT2D eigenvalue weighted by atomic mass is 9.66. The minimum atomic E-state index is 0.667. The van der Waals surface area contributed by atoms with E-state index in [0.29, 0.717) is 6.03 Å². The van der Waals surface area contributed by atoms with Crippen molar-refractivity contribution in [2.24, 2.45) is 23.7 Å². The molecule has 0 saturated heterocycles. The molecule has 2 heteroatoms. The van der Waals surface area contributed by atoms with Crippen LogP contribution in [0.2, 0.25) is 0 Å². The maximum absolute atomic E-state index is 8.77. The second-order valence-electron chi connectivity index (χ2n) is 6.77. The first-order valence-corrected chi connectivity index (χ1v) is 13.0. The molecule has 184 valence electrons. The van der Waals surface area contributed by atoms with E-state index in [2.05, 4.69) is 59.6 Å². The Morgan fingerprint density at radius 2 is 1.23 bits per heavy atom. The van der Waals surface area contributed by atoms with Gasteiger partial charge in [0.1, 0.15) is 6.03 Å². The third-order valence-corrected chi connectivity index (χ3v) is 4.04. The van der Waals surface area contributed by atoms with Crippen molar-refractivity contribution < 1.29 is 4.79 Å². The van der Waals surface area contributed by atoms with Gasteiger partial charge >= 0.3 is 0 Å². The van der Waals surface area contributed by atoms with Crippen LogP contribution in [0.25, 0.3) is 0 Å². The van der Waals surface area contributed by atoms with Crippen molar-refractivity contribution in [3.8, 4) is 0 Å². The molecule has 0 spiro atoms. The van der Waals surface area contributed by atoms with Gasteiger partial charge in [-0.05, 0) is 50.4 Å². The summed E-state index contributed by atoms with van der Waals surface area (Å²) in [6.45, 7) is 34.6. The highest BCUT2D eigenvalue weighted by molar-refractivity contribution is 7.36. The molecular formula is C28H61OP. The van der Waals surface area contributed by atoms with Crippen molar-refractivity contribution in [2.75, 3.05) is 0 Å². The largest absolute Gasteiger partial charge is 0.299 e. The van der Waals surface area contributed by atoms with Crippen LogP contribution in [-0.4, -0.2) is 6.03 Å². The van der Waals surface area contributed by atoms with E-state index in [4.69, 9.17) is 4.79 Å². The van der Waals surface area contributed by atoms with Gasteiger partial charge in [-0.2, -0.15) is 0 Å². The van der Waals surface area contributed by atoms with Crippen LogP contribution >= 0.6 is 9.24 Å². The molecule has 0 amide bonds. The molecule has 0 heterocycles. The van der Waals surface area contributed by atoms with Gasteiger partial charge in [0.05, 0.1) is 0 Å². The highest BCUT2D eigenvalue weighted by Gasteiger charge is 2.32. The fourth-order valence-corrected chi connectivity index (χ4v) is 2.96. The van der Waals surface area contributed by atoms with E-state index in [0.717, 1.165) is 23.7 Å². The Kier molecular flexibility index (Phi) is 61.2. The Hall–Kier alpha value is -0.680. The maximum Gasteiger partial charge on any atom is 0.135 e. The van der Waals surface area contributed by atoms with Crippen molar-refractivity contribution in [3.63, 3.8) is 0 Å². The van der Waals surface area contributed by atoms with Gasteiger partial charge in [0, 0.05) is 0 Å². The van der Waals surface area contributed by atoms with Crippen molar-refractivity contribution in [1.29, 1.82) is 0 Å². The van der Waals surface area contributed by atoms with Gasteiger partial charge in [-0.25, -0.2) is 0 Å². The number of rotatable bonds is 0. The summed E-state index contributed by atoms with van der Waals surface area (Å²) in [5.41, 5.74) is 1.17. The summed E-state index contributed by atoms with van der Waals surface area (Å²) in [6.07, 6.45) is 12.1. The van der Waals surface area contributed by atoms with Gasteiger partial charge in [-0.15, -0.1) is 19.7 Å².